The molecule has 12 nitrogen and oxygen atoms in total. The summed E-state index contributed by atoms with van der Waals surface area (Å²) in [4.78, 5) is 80.3. The van der Waals surface area contributed by atoms with Crippen LogP contribution in [0.2, 0.25) is 0 Å². The number of fused-ring (bicyclic) bond motifs is 5. The number of aromatic nitrogens is 1. The quantitative estimate of drug-likeness (QED) is 0.164. The largest absolute Gasteiger partial charge is 0.371 e. The maximum atomic E-state index is 14.1. The van der Waals surface area contributed by atoms with Crippen molar-refractivity contribution in [1.29, 1.82) is 0 Å². The third-order valence-corrected chi connectivity index (χ3v) is 13.7. The molecule has 0 saturated carbocycles. The number of nitrogens with one attached hydrogen (secondary N) is 2. The van der Waals surface area contributed by atoms with Crippen LogP contribution in [0.4, 0.5) is 11.4 Å². The van der Waals surface area contributed by atoms with Crippen molar-refractivity contribution >= 4 is 51.7 Å². The number of aromatic amines is 1. The van der Waals surface area contributed by atoms with Crippen LogP contribution < -0.4 is 10.2 Å². The van der Waals surface area contributed by atoms with Crippen LogP contribution in [-0.2, 0) is 39.2 Å². The van der Waals surface area contributed by atoms with E-state index in [1.807, 2.05) is 35.2 Å². The molecular weight excluding hydrogens is 743 g/mol. The average molecular weight is 794 g/mol. The number of hydrogen-bond donors (Lipinski definition) is 2. The summed E-state index contributed by atoms with van der Waals surface area (Å²) in [6.45, 7) is 19.4. The number of amides is 4. The Bertz CT molecular complexity index is 2460. The van der Waals surface area contributed by atoms with Gasteiger partial charge in [-0.25, -0.2) is 4.85 Å². The molecule has 3 saturated heterocycles. The summed E-state index contributed by atoms with van der Waals surface area (Å²) in [6.07, 6.45) is 5.43. The van der Waals surface area contributed by atoms with E-state index in [2.05, 4.69) is 57.8 Å². The molecule has 0 radical (unpaired) electrons. The average Bonchev–Trinajstić information content (AvgIpc) is 3.80. The van der Waals surface area contributed by atoms with Gasteiger partial charge in [-0.3, -0.25) is 34.2 Å². The maximum Gasteiger partial charge on any atom is 0.255 e. The highest BCUT2D eigenvalue weighted by molar-refractivity contribution is 6.20. The van der Waals surface area contributed by atoms with Crippen molar-refractivity contribution in [1.82, 2.24) is 25.0 Å². The lowest BCUT2D eigenvalue weighted by atomic mass is 9.70. The van der Waals surface area contributed by atoms with E-state index < -0.39 is 17.4 Å². The second kappa shape index (κ2) is 15.1. The molecule has 1 atom stereocenters. The first-order valence-electron chi connectivity index (χ1n) is 21.2. The van der Waals surface area contributed by atoms with Crippen LogP contribution >= 0.6 is 0 Å². The molecule has 4 aromatic rings. The zero-order chi connectivity index (χ0) is 41.2. The summed E-state index contributed by atoms with van der Waals surface area (Å²) in [5.74, 6) is -0.640. The summed E-state index contributed by atoms with van der Waals surface area (Å²) in [5.41, 5.74) is 9.41. The number of ketones is 1. The van der Waals surface area contributed by atoms with Gasteiger partial charge in [0.05, 0.1) is 12.1 Å². The molecule has 2 N–H and O–H groups in total. The number of anilines is 1. The molecule has 9 rings (SSSR count). The van der Waals surface area contributed by atoms with Crippen molar-refractivity contribution < 1.29 is 24.0 Å². The number of carbonyl (C=O) groups excluding carboxylic acids is 5. The van der Waals surface area contributed by atoms with E-state index in [1.165, 1.54) is 11.3 Å². The third kappa shape index (κ3) is 6.79. The molecule has 304 valence electrons. The summed E-state index contributed by atoms with van der Waals surface area (Å²) in [7, 11) is 0. The molecule has 5 heterocycles. The number of rotatable bonds is 8. The van der Waals surface area contributed by atoms with Gasteiger partial charge >= 0.3 is 0 Å². The lowest BCUT2D eigenvalue weighted by Crippen LogP contribution is -2.54. The van der Waals surface area contributed by atoms with Crippen molar-refractivity contribution in [2.45, 2.75) is 96.2 Å². The molecule has 12 heteroatoms. The number of aryl methyl sites for hydroxylation is 2. The minimum Gasteiger partial charge on any atom is -0.371 e. The standard InChI is InChI=1S/C47H51N7O5/c1-5-29-24-35-36(47(2,3)44-42(43(35)57)34-12-10-31(48-4)25-37(34)49-44)26-39(29)52-17-15-32(16-18-52)51-19-21-53(22-20-51)41(56)8-6-7-28-9-11-33-30(23-28)27-54(46(33)59)38-13-14-40(55)50-45(38)58/h9-12,23-26,32,38,49H,5-8,13-22,27H2,1-3H3,(H,50,55,58). The zero-order valence-electron chi connectivity index (χ0n) is 34.2. The number of H-pyrrole nitrogens is 1. The summed E-state index contributed by atoms with van der Waals surface area (Å²) in [5, 5.41) is 3.23. The van der Waals surface area contributed by atoms with Crippen molar-refractivity contribution in [2.24, 2.45) is 0 Å². The topological polar surface area (TPSA) is 130 Å². The van der Waals surface area contributed by atoms with E-state index >= 15 is 0 Å². The molecule has 1 aromatic heterocycles. The third-order valence-electron chi connectivity index (χ3n) is 13.7. The van der Waals surface area contributed by atoms with Crippen LogP contribution in [0.1, 0.15) is 114 Å². The lowest BCUT2D eigenvalue weighted by molar-refractivity contribution is -0.137. The molecule has 4 aliphatic heterocycles. The van der Waals surface area contributed by atoms with E-state index in [-0.39, 0.29) is 29.9 Å². The molecule has 0 bridgehead atoms. The Morgan fingerprint density at radius 2 is 1.69 bits per heavy atom. The van der Waals surface area contributed by atoms with E-state index in [4.69, 9.17) is 6.57 Å². The van der Waals surface area contributed by atoms with Gasteiger partial charge in [0.1, 0.15) is 6.04 Å². The van der Waals surface area contributed by atoms with E-state index in [0.717, 1.165) is 116 Å². The van der Waals surface area contributed by atoms with Crippen molar-refractivity contribution in [3.63, 3.8) is 0 Å². The predicted molar refractivity (Wildman–Crippen MR) is 225 cm³/mol. The van der Waals surface area contributed by atoms with Crippen LogP contribution in [0.5, 0.6) is 0 Å². The SMILES string of the molecule is [C-]#[N+]c1ccc2c3c([nH]c2c1)C(C)(C)c1cc(N2CCC(N4CCN(C(=O)CCCc5ccc6c(c5)CN(C5CCC(=O)NC5=O)C6=O)CC4)CC2)c(CC)cc1C3=O. The normalized spacial score (nSPS) is 20.7. The molecule has 1 aliphatic carbocycles. The fourth-order valence-corrected chi connectivity index (χ4v) is 10.3. The van der Waals surface area contributed by atoms with Gasteiger partial charge in [0, 0.05) is 104 Å². The number of nitrogens with zero attached hydrogens (tertiary/aromatic N) is 5. The van der Waals surface area contributed by atoms with Gasteiger partial charge in [0.15, 0.2) is 11.5 Å². The highest BCUT2D eigenvalue weighted by atomic mass is 16.2. The Balaban J connectivity index is 0.773. The first kappa shape index (κ1) is 38.7. The molecule has 3 fully saturated rings. The highest BCUT2D eigenvalue weighted by Gasteiger charge is 2.42. The Kier molecular flexibility index (Phi) is 9.90. The van der Waals surface area contributed by atoms with Crippen LogP contribution in [0.25, 0.3) is 15.7 Å². The predicted octanol–water partition coefficient (Wildman–Crippen LogP) is 6.05. The Labute approximate surface area is 344 Å². The maximum absolute atomic E-state index is 14.1. The van der Waals surface area contributed by atoms with Crippen LogP contribution in [0.15, 0.2) is 48.5 Å². The summed E-state index contributed by atoms with van der Waals surface area (Å²) >= 11 is 0. The van der Waals surface area contributed by atoms with E-state index in [1.54, 1.807) is 11.0 Å². The molecule has 59 heavy (non-hydrogen) atoms. The summed E-state index contributed by atoms with van der Waals surface area (Å²) < 4.78 is 0. The first-order valence-corrected chi connectivity index (χ1v) is 21.2. The van der Waals surface area contributed by atoms with E-state index in [9.17, 15) is 24.0 Å². The number of carbonyl (C=O) groups is 5. The minimum atomic E-state index is -0.627. The fourth-order valence-electron chi connectivity index (χ4n) is 10.3. The molecular formula is C47H51N7O5. The lowest BCUT2D eigenvalue weighted by Gasteiger charge is -2.44. The van der Waals surface area contributed by atoms with Gasteiger partial charge < -0.3 is 19.7 Å². The van der Waals surface area contributed by atoms with Crippen LogP contribution in [0.3, 0.4) is 0 Å². The Hall–Kier alpha value is -5.80. The fraction of sp³-hybridized carbons (Fsp3) is 0.447. The van der Waals surface area contributed by atoms with Gasteiger partial charge in [0.25, 0.3) is 5.91 Å². The van der Waals surface area contributed by atoms with Crippen LogP contribution in [0, 0.1) is 6.57 Å². The Morgan fingerprint density at radius 1 is 0.915 bits per heavy atom. The molecule has 1 unspecified atom stereocenters. The minimum absolute atomic E-state index is 0.0492. The van der Waals surface area contributed by atoms with Gasteiger partial charge in [-0.05, 0) is 85.0 Å². The molecule has 0 spiro atoms. The summed E-state index contributed by atoms with van der Waals surface area (Å²) in [6, 6.07) is 15.6. The van der Waals surface area contributed by atoms with Crippen molar-refractivity contribution in [3.8, 4) is 0 Å². The number of piperazine rings is 1. The molecule has 4 amide bonds. The van der Waals surface area contributed by atoms with Gasteiger partial charge in [-0.2, -0.15) is 0 Å². The monoisotopic (exact) mass is 793 g/mol. The smallest absolute Gasteiger partial charge is 0.255 e. The van der Waals surface area contributed by atoms with Gasteiger partial charge in [0.2, 0.25) is 17.7 Å². The first-order chi connectivity index (χ1) is 28.4. The van der Waals surface area contributed by atoms with Gasteiger partial charge in [-0.1, -0.05) is 45.0 Å². The number of hydrogen-bond acceptors (Lipinski definition) is 7. The van der Waals surface area contributed by atoms with Crippen molar-refractivity contribution in [2.75, 3.05) is 44.2 Å². The van der Waals surface area contributed by atoms with Crippen LogP contribution in [-0.4, -0.2) is 100 Å². The number of benzene rings is 3. The van der Waals surface area contributed by atoms with Gasteiger partial charge in [-0.15, -0.1) is 0 Å². The second-order valence-electron chi connectivity index (χ2n) is 17.4. The molecule has 5 aliphatic rings. The van der Waals surface area contributed by atoms with Crippen molar-refractivity contribution in [3.05, 3.63) is 105 Å². The Morgan fingerprint density at radius 3 is 2.42 bits per heavy atom. The number of piperidine rings is 2. The second-order valence-corrected chi connectivity index (χ2v) is 17.4. The molecule has 3 aromatic carbocycles. The zero-order valence-corrected chi connectivity index (χ0v) is 34.2. The highest BCUT2D eigenvalue weighted by Crippen LogP contribution is 2.46. The number of imide groups is 1. The van der Waals surface area contributed by atoms with E-state index in [0.29, 0.717) is 36.7 Å².